The highest BCUT2D eigenvalue weighted by Crippen LogP contribution is 2.25. The molecule has 0 saturated heterocycles. The lowest BCUT2D eigenvalue weighted by molar-refractivity contribution is -0.385. The van der Waals surface area contributed by atoms with Crippen molar-refractivity contribution in [2.75, 3.05) is 11.9 Å². The smallest absolute Gasteiger partial charge is 0.290 e. The minimum Gasteiger partial charge on any atom is -0.370 e. The Labute approximate surface area is 133 Å². The van der Waals surface area contributed by atoms with Gasteiger partial charge in [0.15, 0.2) is 0 Å². The SMILES string of the molecule is Cc1cc(NCCc2csc(C(C)(C)C)n2)ncc1[N+](=O)[O-]. The Kier molecular flexibility index (Phi) is 4.75. The van der Waals surface area contributed by atoms with Gasteiger partial charge in [0, 0.05) is 29.3 Å². The van der Waals surface area contributed by atoms with Gasteiger partial charge in [-0.15, -0.1) is 11.3 Å². The Morgan fingerprint density at radius 1 is 1.41 bits per heavy atom. The fourth-order valence-corrected chi connectivity index (χ4v) is 2.86. The standard InChI is InChI=1S/C15H20N4O2S/c1-10-7-13(17-8-12(10)19(20)21)16-6-5-11-9-22-14(18-11)15(2,3)4/h7-9H,5-6H2,1-4H3,(H,16,17). The van der Waals surface area contributed by atoms with E-state index in [4.69, 9.17) is 0 Å². The molecule has 0 fully saturated rings. The lowest BCUT2D eigenvalue weighted by Crippen LogP contribution is -2.11. The summed E-state index contributed by atoms with van der Waals surface area (Å²) in [4.78, 5) is 19.0. The average Bonchev–Trinajstić information content (AvgIpc) is 2.87. The van der Waals surface area contributed by atoms with Crippen molar-refractivity contribution in [1.82, 2.24) is 9.97 Å². The summed E-state index contributed by atoms with van der Waals surface area (Å²) in [5.74, 6) is 0.648. The molecule has 7 heteroatoms. The molecular weight excluding hydrogens is 300 g/mol. The monoisotopic (exact) mass is 320 g/mol. The highest BCUT2D eigenvalue weighted by atomic mass is 32.1. The van der Waals surface area contributed by atoms with Crippen LogP contribution in [0.4, 0.5) is 11.5 Å². The third-order valence-corrected chi connectivity index (χ3v) is 4.48. The van der Waals surface area contributed by atoms with Gasteiger partial charge >= 0.3 is 0 Å². The van der Waals surface area contributed by atoms with Crippen molar-refractivity contribution in [2.24, 2.45) is 0 Å². The van der Waals surface area contributed by atoms with Gasteiger partial charge in [-0.2, -0.15) is 0 Å². The van der Waals surface area contributed by atoms with E-state index in [-0.39, 0.29) is 11.1 Å². The number of nitrogens with zero attached hydrogens (tertiary/aromatic N) is 3. The average molecular weight is 320 g/mol. The Balaban J connectivity index is 1.93. The molecule has 0 radical (unpaired) electrons. The number of rotatable bonds is 5. The molecule has 2 aromatic heterocycles. The van der Waals surface area contributed by atoms with E-state index >= 15 is 0 Å². The van der Waals surface area contributed by atoms with E-state index in [9.17, 15) is 10.1 Å². The number of aromatic nitrogens is 2. The van der Waals surface area contributed by atoms with Crippen molar-refractivity contribution in [3.8, 4) is 0 Å². The summed E-state index contributed by atoms with van der Waals surface area (Å²) in [5.41, 5.74) is 1.78. The number of aryl methyl sites for hydroxylation is 1. The molecule has 1 N–H and O–H groups in total. The third-order valence-electron chi connectivity index (χ3n) is 3.16. The van der Waals surface area contributed by atoms with Gasteiger partial charge in [-0.05, 0) is 13.0 Å². The lowest BCUT2D eigenvalue weighted by Gasteiger charge is -2.13. The second-order valence-corrected chi connectivity index (χ2v) is 7.04. The van der Waals surface area contributed by atoms with E-state index in [1.807, 2.05) is 0 Å². The quantitative estimate of drug-likeness (QED) is 0.671. The van der Waals surface area contributed by atoms with E-state index in [0.717, 1.165) is 17.1 Å². The molecule has 2 heterocycles. The van der Waals surface area contributed by atoms with Gasteiger partial charge in [0.1, 0.15) is 12.0 Å². The molecule has 0 aliphatic rings. The molecular formula is C15H20N4O2S. The van der Waals surface area contributed by atoms with Crippen molar-refractivity contribution in [2.45, 2.75) is 39.5 Å². The molecule has 0 saturated carbocycles. The predicted molar refractivity (Wildman–Crippen MR) is 88.6 cm³/mol. The van der Waals surface area contributed by atoms with Gasteiger partial charge in [0.2, 0.25) is 0 Å². The topological polar surface area (TPSA) is 81.0 Å². The van der Waals surface area contributed by atoms with Crippen LogP contribution in [0, 0.1) is 17.0 Å². The third kappa shape index (κ3) is 4.00. The van der Waals surface area contributed by atoms with Crippen molar-refractivity contribution < 1.29 is 4.92 Å². The summed E-state index contributed by atoms with van der Waals surface area (Å²) in [6.07, 6.45) is 2.09. The Morgan fingerprint density at radius 2 is 2.14 bits per heavy atom. The molecule has 0 unspecified atom stereocenters. The largest absolute Gasteiger partial charge is 0.370 e. The van der Waals surface area contributed by atoms with Crippen LogP contribution in [0.5, 0.6) is 0 Å². The highest BCUT2D eigenvalue weighted by molar-refractivity contribution is 7.09. The molecule has 0 amide bonds. The summed E-state index contributed by atoms with van der Waals surface area (Å²) < 4.78 is 0. The van der Waals surface area contributed by atoms with E-state index in [1.54, 1.807) is 24.3 Å². The first-order valence-electron chi connectivity index (χ1n) is 7.07. The molecule has 0 bridgehead atoms. The highest BCUT2D eigenvalue weighted by Gasteiger charge is 2.17. The zero-order chi connectivity index (χ0) is 16.3. The number of thiazole rings is 1. The van der Waals surface area contributed by atoms with Crippen LogP contribution in [0.1, 0.15) is 37.0 Å². The number of pyridine rings is 1. The summed E-state index contributed by atoms with van der Waals surface area (Å²) in [6, 6.07) is 1.69. The molecule has 0 aromatic carbocycles. The Morgan fingerprint density at radius 3 is 2.68 bits per heavy atom. The van der Waals surface area contributed by atoms with Crippen LogP contribution < -0.4 is 5.32 Å². The van der Waals surface area contributed by atoms with Gasteiger partial charge < -0.3 is 5.32 Å². The van der Waals surface area contributed by atoms with E-state index in [0.29, 0.717) is 17.9 Å². The van der Waals surface area contributed by atoms with Crippen molar-refractivity contribution in [3.63, 3.8) is 0 Å². The predicted octanol–water partition coefficient (Wildman–Crippen LogP) is 3.71. The van der Waals surface area contributed by atoms with Crippen LogP contribution in [0.15, 0.2) is 17.6 Å². The summed E-state index contributed by atoms with van der Waals surface area (Å²) in [5, 5.41) is 17.1. The second kappa shape index (κ2) is 6.39. The number of anilines is 1. The van der Waals surface area contributed by atoms with Gasteiger partial charge in [-0.25, -0.2) is 9.97 Å². The molecule has 0 aliphatic carbocycles. The van der Waals surface area contributed by atoms with Gasteiger partial charge in [0.05, 0.1) is 15.6 Å². The van der Waals surface area contributed by atoms with Crippen LogP contribution in [0.2, 0.25) is 0 Å². The molecule has 0 spiro atoms. The van der Waals surface area contributed by atoms with E-state index in [1.165, 1.54) is 6.20 Å². The maximum Gasteiger partial charge on any atom is 0.290 e. The Bertz CT molecular complexity index is 676. The van der Waals surface area contributed by atoms with Crippen LogP contribution in [-0.2, 0) is 11.8 Å². The maximum atomic E-state index is 10.8. The first-order chi connectivity index (χ1) is 10.3. The summed E-state index contributed by atoms with van der Waals surface area (Å²) in [6.45, 7) is 8.85. The van der Waals surface area contributed by atoms with Crippen molar-refractivity contribution in [3.05, 3.63) is 44.0 Å². The first-order valence-corrected chi connectivity index (χ1v) is 7.95. The van der Waals surface area contributed by atoms with E-state index < -0.39 is 4.92 Å². The van der Waals surface area contributed by atoms with Gasteiger partial charge in [-0.1, -0.05) is 20.8 Å². The fraction of sp³-hybridized carbons (Fsp3) is 0.467. The molecule has 2 aromatic rings. The molecule has 0 aliphatic heterocycles. The minimum absolute atomic E-state index is 0.0415. The van der Waals surface area contributed by atoms with Crippen LogP contribution in [0.3, 0.4) is 0 Å². The first kappa shape index (κ1) is 16.4. The van der Waals surface area contributed by atoms with Gasteiger partial charge in [-0.3, -0.25) is 10.1 Å². The molecule has 22 heavy (non-hydrogen) atoms. The van der Waals surface area contributed by atoms with Crippen molar-refractivity contribution >= 4 is 22.8 Å². The minimum atomic E-state index is -0.421. The number of nitro groups is 1. The number of nitrogens with one attached hydrogen (secondary N) is 1. The fourth-order valence-electron chi connectivity index (χ4n) is 1.92. The van der Waals surface area contributed by atoms with Gasteiger partial charge in [0.25, 0.3) is 5.69 Å². The van der Waals surface area contributed by atoms with E-state index in [2.05, 4.69) is 41.4 Å². The number of hydrogen-bond acceptors (Lipinski definition) is 6. The zero-order valence-electron chi connectivity index (χ0n) is 13.2. The molecule has 2 rings (SSSR count). The van der Waals surface area contributed by atoms with Crippen LogP contribution in [0.25, 0.3) is 0 Å². The summed E-state index contributed by atoms with van der Waals surface area (Å²) >= 11 is 1.68. The second-order valence-electron chi connectivity index (χ2n) is 6.18. The van der Waals surface area contributed by atoms with Crippen LogP contribution in [-0.4, -0.2) is 21.4 Å². The number of hydrogen-bond donors (Lipinski definition) is 1. The Hall–Kier alpha value is -2.02. The molecule has 6 nitrogen and oxygen atoms in total. The normalized spacial score (nSPS) is 11.5. The molecule has 0 atom stereocenters. The zero-order valence-corrected chi connectivity index (χ0v) is 14.0. The molecule has 118 valence electrons. The summed E-state index contributed by atoms with van der Waals surface area (Å²) in [7, 11) is 0. The maximum absolute atomic E-state index is 10.8. The van der Waals surface area contributed by atoms with Crippen LogP contribution >= 0.6 is 11.3 Å². The van der Waals surface area contributed by atoms with Crippen molar-refractivity contribution in [1.29, 1.82) is 0 Å². The lowest BCUT2D eigenvalue weighted by atomic mass is 9.98.